The van der Waals surface area contributed by atoms with Gasteiger partial charge in [0.25, 0.3) is 0 Å². The third-order valence-electron chi connectivity index (χ3n) is 5.87. The average molecular weight is 402 g/mol. The van der Waals surface area contributed by atoms with E-state index in [4.69, 9.17) is 9.84 Å². The van der Waals surface area contributed by atoms with Gasteiger partial charge in [0, 0.05) is 11.3 Å². The lowest BCUT2D eigenvalue weighted by molar-refractivity contribution is -0.137. The molecular formula is C25H26N2O3. The van der Waals surface area contributed by atoms with Crippen LogP contribution >= 0.6 is 0 Å². The zero-order chi connectivity index (χ0) is 20.9. The Hall–Kier alpha value is -3.26. The third kappa shape index (κ3) is 4.49. The van der Waals surface area contributed by atoms with Gasteiger partial charge in [-0.05, 0) is 49.1 Å². The Morgan fingerprint density at radius 1 is 1.20 bits per heavy atom. The van der Waals surface area contributed by atoms with Gasteiger partial charge in [0.2, 0.25) is 0 Å². The van der Waals surface area contributed by atoms with E-state index in [1.807, 2.05) is 30.5 Å². The van der Waals surface area contributed by atoms with E-state index in [0.29, 0.717) is 5.92 Å². The molecule has 5 nitrogen and oxygen atoms in total. The number of hydrogen-bond acceptors (Lipinski definition) is 3. The molecule has 0 amide bonds. The van der Waals surface area contributed by atoms with Crippen molar-refractivity contribution < 1.29 is 14.6 Å². The van der Waals surface area contributed by atoms with Crippen LogP contribution in [-0.2, 0) is 4.79 Å². The molecule has 5 heteroatoms. The van der Waals surface area contributed by atoms with Crippen molar-refractivity contribution in [2.75, 3.05) is 0 Å². The van der Waals surface area contributed by atoms with Gasteiger partial charge in [-0.2, -0.15) is 5.10 Å². The van der Waals surface area contributed by atoms with Crippen molar-refractivity contribution in [1.29, 1.82) is 0 Å². The summed E-state index contributed by atoms with van der Waals surface area (Å²) < 4.78 is 6.50. The number of aliphatic carboxylic acids is 1. The van der Waals surface area contributed by atoms with Gasteiger partial charge in [0.05, 0.1) is 24.1 Å². The molecule has 30 heavy (non-hydrogen) atoms. The van der Waals surface area contributed by atoms with E-state index in [2.05, 4.69) is 40.2 Å². The summed E-state index contributed by atoms with van der Waals surface area (Å²) in [7, 11) is 0. The summed E-state index contributed by atoms with van der Waals surface area (Å²) in [6.45, 7) is 1.73. The van der Waals surface area contributed by atoms with E-state index in [1.54, 1.807) is 6.92 Å². The van der Waals surface area contributed by atoms with Crippen LogP contribution in [0.3, 0.4) is 0 Å². The first-order chi connectivity index (χ1) is 14.6. The zero-order valence-corrected chi connectivity index (χ0v) is 17.1. The highest BCUT2D eigenvalue weighted by molar-refractivity contribution is 5.78. The lowest BCUT2D eigenvalue weighted by Crippen LogP contribution is -2.16. The van der Waals surface area contributed by atoms with Gasteiger partial charge in [-0.3, -0.25) is 9.89 Å². The minimum Gasteiger partial charge on any atom is -0.485 e. The average Bonchev–Trinajstić information content (AvgIpc) is 3.43. The van der Waals surface area contributed by atoms with Crippen molar-refractivity contribution >= 4 is 16.9 Å². The summed E-state index contributed by atoms with van der Waals surface area (Å²) in [5.41, 5.74) is 3.07. The van der Waals surface area contributed by atoms with E-state index in [1.165, 1.54) is 12.8 Å². The first-order valence-corrected chi connectivity index (χ1v) is 10.5. The number of aromatic amines is 1. The molecule has 0 aliphatic heterocycles. The Morgan fingerprint density at radius 2 is 1.93 bits per heavy atom. The van der Waals surface area contributed by atoms with Crippen LogP contribution < -0.4 is 4.74 Å². The molecule has 1 aromatic heterocycles. The van der Waals surface area contributed by atoms with Gasteiger partial charge < -0.3 is 9.84 Å². The second-order valence-corrected chi connectivity index (χ2v) is 7.91. The monoisotopic (exact) mass is 402 g/mol. The highest BCUT2D eigenvalue weighted by Gasteiger charge is 2.28. The number of benzene rings is 2. The van der Waals surface area contributed by atoms with Gasteiger partial charge in [-0.15, -0.1) is 5.92 Å². The van der Waals surface area contributed by atoms with Gasteiger partial charge in [-0.25, -0.2) is 0 Å². The summed E-state index contributed by atoms with van der Waals surface area (Å²) in [6.07, 6.45) is 6.61. The van der Waals surface area contributed by atoms with Gasteiger partial charge in [0.15, 0.2) is 0 Å². The molecule has 2 atom stereocenters. The molecule has 2 N–H and O–H groups in total. The molecule has 0 saturated heterocycles. The number of carbonyl (C=O) groups is 1. The molecule has 2 unspecified atom stereocenters. The zero-order valence-electron chi connectivity index (χ0n) is 17.1. The second-order valence-electron chi connectivity index (χ2n) is 7.91. The molecule has 1 aliphatic carbocycles. The number of ether oxygens (including phenoxy) is 1. The van der Waals surface area contributed by atoms with Crippen LogP contribution in [0.2, 0.25) is 0 Å². The molecule has 1 saturated carbocycles. The lowest BCUT2D eigenvalue weighted by Gasteiger charge is -2.25. The Balaban J connectivity index is 1.58. The molecule has 2 aromatic carbocycles. The molecule has 154 valence electrons. The first-order valence-electron chi connectivity index (χ1n) is 10.5. The van der Waals surface area contributed by atoms with Crippen molar-refractivity contribution in [3.63, 3.8) is 0 Å². The van der Waals surface area contributed by atoms with E-state index in [-0.39, 0.29) is 18.4 Å². The smallest absolute Gasteiger partial charge is 0.304 e. The fourth-order valence-corrected chi connectivity index (χ4v) is 4.35. The van der Waals surface area contributed by atoms with Crippen LogP contribution in [0.15, 0.2) is 48.7 Å². The fourth-order valence-electron chi connectivity index (χ4n) is 4.35. The van der Waals surface area contributed by atoms with Crippen molar-refractivity contribution in [1.82, 2.24) is 10.2 Å². The lowest BCUT2D eigenvalue weighted by atomic mass is 9.93. The number of carboxylic acid groups (broad SMARTS) is 1. The van der Waals surface area contributed by atoms with Crippen molar-refractivity contribution in [3.8, 4) is 17.6 Å². The van der Waals surface area contributed by atoms with Gasteiger partial charge >= 0.3 is 5.97 Å². The molecule has 1 heterocycles. The van der Waals surface area contributed by atoms with E-state index >= 15 is 0 Å². The van der Waals surface area contributed by atoms with Crippen LogP contribution in [0.1, 0.15) is 62.2 Å². The topological polar surface area (TPSA) is 75.2 Å². The van der Waals surface area contributed by atoms with Crippen LogP contribution in [0, 0.1) is 17.8 Å². The largest absolute Gasteiger partial charge is 0.485 e. The summed E-state index contributed by atoms with van der Waals surface area (Å²) in [5, 5.41) is 17.4. The van der Waals surface area contributed by atoms with Gasteiger partial charge in [-0.1, -0.05) is 43.0 Å². The number of hydrogen-bond donors (Lipinski definition) is 2. The maximum absolute atomic E-state index is 11.1. The normalized spacial score (nSPS) is 16.0. The Labute approximate surface area is 176 Å². The molecule has 0 bridgehead atoms. The minimum atomic E-state index is -0.849. The predicted molar refractivity (Wildman–Crippen MR) is 116 cm³/mol. The second kappa shape index (κ2) is 9.04. The number of nitrogens with one attached hydrogen (secondary N) is 1. The molecule has 1 aliphatic rings. The van der Waals surface area contributed by atoms with Crippen molar-refractivity contribution in [2.45, 2.75) is 51.0 Å². The number of aromatic nitrogens is 2. The Morgan fingerprint density at radius 3 is 2.63 bits per heavy atom. The Bertz CT molecular complexity index is 1070. The van der Waals surface area contributed by atoms with Crippen LogP contribution in [-0.4, -0.2) is 21.3 Å². The number of rotatable bonds is 7. The van der Waals surface area contributed by atoms with Crippen molar-refractivity contribution in [3.05, 3.63) is 59.8 Å². The van der Waals surface area contributed by atoms with E-state index in [0.717, 1.165) is 40.6 Å². The number of H-pyrrole nitrogens is 1. The molecular weight excluding hydrogens is 376 g/mol. The SMILES string of the molecule is CC#CC(CC(=O)O)c1ccc(OC(c2ccc3cn[nH]c3c2)C2CCCC2)cc1. The summed E-state index contributed by atoms with van der Waals surface area (Å²) in [4.78, 5) is 11.1. The van der Waals surface area contributed by atoms with E-state index < -0.39 is 5.97 Å². The quantitative estimate of drug-likeness (QED) is 0.515. The molecule has 1 fully saturated rings. The highest BCUT2D eigenvalue weighted by atomic mass is 16.5. The number of carboxylic acids is 1. The van der Waals surface area contributed by atoms with Crippen LogP contribution in [0.25, 0.3) is 10.9 Å². The first kappa shape index (κ1) is 20.0. The van der Waals surface area contributed by atoms with Crippen LogP contribution in [0.5, 0.6) is 5.75 Å². The highest BCUT2D eigenvalue weighted by Crippen LogP contribution is 2.39. The summed E-state index contributed by atoms with van der Waals surface area (Å²) in [6, 6.07) is 14.1. The molecule has 4 rings (SSSR count). The molecule has 0 spiro atoms. The fraction of sp³-hybridized carbons (Fsp3) is 0.360. The van der Waals surface area contributed by atoms with E-state index in [9.17, 15) is 4.79 Å². The number of nitrogens with zero attached hydrogens (tertiary/aromatic N) is 1. The molecule has 3 aromatic rings. The summed E-state index contributed by atoms with van der Waals surface area (Å²) in [5.74, 6) is 5.95. The maximum atomic E-state index is 11.1. The third-order valence-corrected chi connectivity index (χ3v) is 5.87. The van der Waals surface area contributed by atoms with Crippen molar-refractivity contribution in [2.24, 2.45) is 5.92 Å². The standard InChI is InChI=1S/C25H26N2O3/c1-2-5-19(15-24(28)29)17-10-12-22(13-11-17)30-25(18-6-3-4-7-18)20-8-9-21-16-26-27-23(21)14-20/h8-14,16,18-19,25H,3-4,6-7,15H2,1H3,(H,26,27)(H,28,29). The van der Waals surface area contributed by atoms with Crippen LogP contribution in [0.4, 0.5) is 0 Å². The maximum Gasteiger partial charge on any atom is 0.304 e. The predicted octanol–water partition coefficient (Wildman–Crippen LogP) is 5.45. The summed E-state index contributed by atoms with van der Waals surface area (Å²) >= 11 is 0. The Kier molecular flexibility index (Phi) is 6.04. The molecule has 0 radical (unpaired) electrons. The number of fused-ring (bicyclic) bond motifs is 1. The van der Waals surface area contributed by atoms with Gasteiger partial charge in [0.1, 0.15) is 11.9 Å². The minimum absolute atomic E-state index is 0.00403.